The van der Waals surface area contributed by atoms with Gasteiger partial charge in [0.25, 0.3) is 0 Å². The van der Waals surface area contributed by atoms with Crippen molar-refractivity contribution < 1.29 is 4.39 Å². The van der Waals surface area contributed by atoms with Crippen molar-refractivity contribution in [3.8, 4) is 0 Å². The normalized spacial score (nSPS) is 9.90. The summed E-state index contributed by atoms with van der Waals surface area (Å²) >= 11 is 7.38. The summed E-state index contributed by atoms with van der Waals surface area (Å²) in [4.78, 5) is 3.97. The van der Waals surface area contributed by atoms with Crippen molar-refractivity contribution in [2.75, 3.05) is 0 Å². The molecule has 0 saturated carbocycles. The zero-order valence-corrected chi connectivity index (χ0v) is 7.86. The van der Waals surface area contributed by atoms with Gasteiger partial charge in [-0.2, -0.15) is 0 Å². The van der Waals surface area contributed by atoms with E-state index in [1.54, 1.807) is 0 Å². The van der Waals surface area contributed by atoms with Gasteiger partial charge in [-0.05, 0) is 28.7 Å². The Labute approximate surface area is 76.7 Å². The Kier molecular flexibility index (Phi) is 2.85. The summed E-state index contributed by atoms with van der Waals surface area (Å²) in [5.74, 6) is -0.0247. The molecule has 0 aromatic carbocycles. The van der Waals surface area contributed by atoms with Crippen molar-refractivity contribution in [3.05, 3.63) is 27.3 Å². The Balaban J connectivity index is 3.06. The van der Waals surface area contributed by atoms with Gasteiger partial charge in [0.15, 0.2) is 0 Å². The summed E-state index contributed by atoms with van der Waals surface area (Å²) in [6, 6.07) is 2.69. The molecule has 0 amide bonds. The van der Waals surface area contributed by atoms with Crippen LogP contribution >= 0.6 is 34.2 Å². The summed E-state index contributed by atoms with van der Waals surface area (Å²) < 4.78 is 13.1. The number of hydrogen-bond donors (Lipinski definition) is 0. The van der Waals surface area contributed by atoms with Gasteiger partial charge in [0.05, 0.1) is 11.6 Å². The number of rotatable bonds is 1. The first-order valence-electron chi connectivity index (χ1n) is 2.60. The number of nitrogens with zero attached hydrogens (tertiary/aromatic N) is 1. The van der Waals surface area contributed by atoms with Crippen molar-refractivity contribution in [2.24, 2.45) is 0 Å². The Morgan fingerprint density at radius 2 is 2.30 bits per heavy atom. The van der Waals surface area contributed by atoms with Crippen molar-refractivity contribution in [2.45, 2.75) is 5.88 Å². The van der Waals surface area contributed by atoms with Gasteiger partial charge in [0.2, 0.25) is 0 Å². The highest BCUT2D eigenvalue weighted by atomic mass is 127. The first-order chi connectivity index (χ1) is 4.72. The molecule has 0 unspecified atom stereocenters. The molecule has 1 rings (SSSR count). The fraction of sp³-hybridized carbons (Fsp3) is 0.167. The lowest BCUT2D eigenvalue weighted by Crippen LogP contribution is -1.89. The van der Waals surface area contributed by atoms with E-state index in [-0.39, 0.29) is 11.7 Å². The van der Waals surface area contributed by atoms with Gasteiger partial charge < -0.3 is 0 Å². The number of alkyl halides is 1. The molecule has 10 heavy (non-hydrogen) atoms. The number of aromatic nitrogens is 1. The van der Waals surface area contributed by atoms with Crippen LogP contribution in [-0.2, 0) is 5.88 Å². The van der Waals surface area contributed by atoms with E-state index < -0.39 is 0 Å². The van der Waals surface area contributed by atoms with Gasteiger partial charge in [-0.15, -0.1) is 11.6 Å². The minimum Gasteiger partial charge on any atom is -0.245 e. The van der Waals surface area contributed by atoms with Gasteiger partial charge in [-0.25, -0.2) is 9.37 Å². The molecule has 0 aliphatic carbocycles. The smallest absolute Gasteiger partial charge is 0.127 e. The molecule has 0 atom stereocenters. The third-order valence-electron chi connectivity index (χ3n) is 0.949. The van der Waals surface area contributed by atoms with Crippen LogP contribution in [-0.4, -0.2) is 4.98 Å². The molecular weight excluding hydrogens is 267 g/mol. The molecule has 0 fully saturated rings. The van der Waals surface area contributed by atoms with E-state index >= 15 is 0 Å². The van der Waals surface area contributed by atoms with Crippen molar-refractivity contribution in [3.63, 3.8) is 0 Å². The van der Waals surface area contributed by atoms with E-state index in [2.05, 4.69) is 4.98 Å². The zero-order valence-electron chi connectivity index (χ0n) is 4.94. The molecule has 0 N–H and O–H groups in total. The lowest BCUT2D eigenvalue weighted by molar-refractivity contribution is 0.621. The fourth-order valence-electron chi connectivity index (χ4n) is 0.585. The van der Waals surface area contributed by atoms with Crippen LogP contribution in [0.3, 0.4) is 0 Å². The topological polar surface area (TPSA) is 12.9 Å². The SMILES string of the molecule is Fc1cc(I)nc(CCl)c1. The second-order valence-corrected chi connectivity index (χ2v) is 3.11. The van der Waals surface area contributed by atoms with E-state index in [1.165, 1.54) is 12.1 Å². The molecule has 54 valence electrons. The average Bonchev–Trinajstić information content (AvgIpc) is 1.85. The monoisotopic (exact) mass is 271 g/mol. The maximum atomic E-state index is 12.5. The van der Waals surface area contributed by atoms with E-state index in [0.29, 0.717) is 9.39 Å². The molecule has 1 heterocycles. The largest absolute Gasteiger partial charge is 0.245 e. The van der Waals surface area contributed by atoms with Crippen LogP contribution in [0.25, 0.3) is 0 Å². The van der Waals surface area contributed by atoms with Crippen LogP contribution in [0.5, 0.6) is 0 Å². The van der Waals surface area contributed by atoms with Crippen LogP contribution in [0.2, 0.25) is 0 Å². The molecule has 1 aromatic heterocycles. The standard InChI is InChI=1S/C6H4ClFIN/c7-3-5-1-4(8)2-6(9)10-5/h1-2H,3H2. The predicted molar refractivity (Wildman–Crippen MR) is 46.5 cm³/mol. The lowest BCUT2D eigenvalue weighted by Gasteiger charge is -1.94. The second kappa shape index (κ2) is 3.48. The maximum Gasteiger partial charge on any atom is 0.127 e. The summed E-state index contributed by atoms with van der Waals surface area (Å²) in [6.45, 7) is 0. The molecule has 0 bridgehead atoms. The van der Waals surface area contributed by atoms with Crippen molar-refractivity contribution >= 4 is 34.2 Å². The molecule has 0 aliphatic heterocycles. The van der Waals surface area contributed by atoms with Crippen LogP contribution in [0.1, 0.15) is 5.69 Å². The van der Waals surface area contributed by atoms with Gasteiger partial charge >= 0.3 is 0 Å². The third-order valence-corrected chi connectivity index (χ3v) is 1.78. The Morgan fingerprint density at radius 3 is 2.80 bits per heavy atom. The van der Waals surface area contributed by atoms with E-state index in [9.17, 15) is 4.39 Å². The highest BCUT2D eigenvalue weighted by Crippen LogP contribution is 2.08. The summed E-state index contributed by atoms with van der Waals surface area (Å²) in [6.07, 6.45) is 0. The Hall–Kier alpha value is 0.1000. The van der Waals surface area contributed by atoms with Crippen LogP contribution < -0.4 is 0 Å². The van der Waals surface area contributed by atoms with Gasteiger partial charge in [0, 0.05) is 6.07 Å². The molecule has 0 radical (unpaired) electrons. The zero-order chi connectivity index (χ0) is 7.56. The molecule has 4 heteroatoms. The molecule has 0 aliphatic rings. The fourth-order valence-corrected chi connectivity index (χ4v) is 1.33. The molecule has 0 saturated heterocycles. The highest BCUT2D eigenvalue weighted by molar-refractivity contribution is 14.1. The van der Waals surface area contributed by atoms with Crippen molar-refractivity contribution in [1.29, 1.82) is 0 Å². The molecule has 0 spiro atoms. The Morgan fingerprint density at radius 1 is 1.60 bits per heavy atom. The lowest BCUT2D eigenvalue weighted by atomic mass is 10.4. The van der Waals surface area contributed by atoms with Gasteiger partial charge in [-0.3, -0.25) is 0 Å². The van der Waals surface area contributed by atoms with E-state index in [1.807, 2.05) is 22.6 Å². The molecule has 1 aromatic rings. The molecule has 1 nitrogen and oxygen atoms in total. The quantitative estimate of drug-likeness (QED) is 0.435. The number of hydrogen-bond acceptors (Lipinski definition) is 1. The predicted octanol–water partition coefficient (Wildman–Crippen LogP) is 2.56. The average molecular weight is 271 g/mol. The first-order valence-corrected chi connectivity index (χ1v) is 4.21. The van der Waals surface area contributed by atoms with Crippen LogP contribution in [0.15, 0.2) is 12.1 Å². The molecular formula is C6H4ClFIN. The maximum absolute atomic E-state index is 12.5. The van der Waals surface area contributed by atoms with Crippen molar-refractivity contribution in [1.82, 2.24) is 4.98 Å². The minimum absolute atomic E-state index is 0.258. The van der Waals surface area contributed by atoms with Gasteiger partial charge in [0.1, 0.15) is 9.52 Å². The van der Waals surface area contributed by atoms with Crippen LogP contribution in [0.4, 0.5) is 4.39 Å². The minimum atomic E-state index is -0.282. The van der Waals surface area contributed by atoms with Crippen LogP contribution in [0, 0.1) is 9.52 Å². The number of pyridine rings is 1. The Bertz CT molecular complexity index is 221. The summed E-state index contributed by atoms with van der Waals surface area (Å²) in [5, 5.41) is 0. The van der Waals surface area contributed by atoms with Gasteiger partial charge in [-0.1, -0.05) is 0 Å². The third kappa shape index (κ3) is 2.05. The summed E-state index contributed by atoms with van der Waals surface area (Å²) in [5.41, 5.74) is 0.575. The van der Waals surface area contributed by atoms with E-state index in [4.69, 9.17) is 11.6 Å². The first kappa shape index (κ1) is 8.20. The second-order valence-electron chi connectivity index (χ2n) is 1.73. The summed E-state index contributed by atoms with van der Waals surface area (Å²) in [7, 11) is 0. The highest BCUT2D eigenvalue weighted by Gasteiger charge is 1.97. The number of halogens is 3. The van der Waals surface area contributed by atoms with E-state index in [0.717, 1.165) is 0 Å².